The SMILES string of the molecule is O=[N+]([O-])c1cc(S(=O)(=O)N2CCOCC2)ccc1N[C@H]1CCC[C@H](C(F)(F)F)C1. The fourth-order valence-electron chi connectivity index (χ4n) is 3.72. The van der Waals surface area contributed by atoms with Crippen LogP contribution in [-0.2, 0) is 14.8 Å². The highest BCUT2D eigenvalue weighted by Gasteiger charge is 2.42. The Labute approximate surface area is 166 Å². The first-order chi connectivity index (χ1) is 13.6. The van der Waals surface area contributed by atoms with Gasteiger partial charge in [0.15, 0.2) is 0 Å². The van der Waals surface area contributed by atoms with E-state index in [0.717, 1.165) is 6.07 Å². The summed E-state index contributed by atoms with van der Waals surface area (Å²) in [7, 11) is -3.92. The van der Waals surface area contributed by atoms with Crippen LogP contribution in [0, 0.1) is 16.0 Å². The van der Waals surface area contributed by atoms with Crippen LogP contribution in [-0.4, -0.2) is 56.2 Å². The number of alkyl halides is 3. The maximum Gasteiger partial charge on any atom is 0.391 e. The van der Waals surface area contributed by atoms with E-state index in [1.165, 1.54) is 16.4 Å². The molecule has 3 rings (SSSR count). The largest absolute Gasteiger partial charge is 0.391 e. The van der Waals surface area contributed by atoms with Gasteiger partial charge in [-0.1, -0.05) is 6.42 Å². The van der Waals surface area contributed by atoms with E-state index in [9.17, 15) is 31.7 Å². The number of hydrogen-bond acceptors (Lipinski definition) is 6. The zero-order chi connectivity index (χ0) is 21.2. The number of halogens is 3. The van der Waals surface area contributed by atoms with Crippen LogP contribution in [0.15, 0.2) is 23.1 Å². The Morgan fingerprint density at radius 3 is 2.52 bits per heavy atom. The summed E-state index contributed by atoms with van der Waals surface area (Å²) in [5.74, 6) is -1.45. The second-order valence-corrected chi connectivity index (χ2v) is 9.14. The number of hydrogen-bond donors (Lipinski definition) is 1. The Morgan fingerprint density at radius 1 is 1.21 bits per heavy atom. The maximum atomic E-state index is 13.0. The van der Waals surface area contributed by atoms with E-state index >= 15 is 0 Å². The van der Waals surface area contributed by atoms with Crippen LogP contribution in [0.4, 0.5) is 24.5 Å². The third kappa shape index (κ3) is 4.98. The predicted molar refractivity (Wildman–Crippen MR) is 98.1 cm³/mol. The molecule has 0 spiro atoms. The summed E-state index contributed by atoms with van der Waals surface area (Å²) in [5, 5.41) is 14.3. The molecule has 0 aromatic heterocycles. The van der Waals surface area contributed by atoms with Crippen LogP contribution in [0.25, 0.3) is 0 Å². The third-order valence-corrected chi connectivity index (χ3v) is 7.17. The van der Waals surface area contributed by atoms with Gasteiger partial charge in [0.05, 0.1) is 29.0 Å². The van der Waals surface area contributed by atoms with Crippen molar-refractivity contribution in [1.82, 2.24) is 4.31 Å². The molecule has 12 heteroatoms. The van der Waals surface area contributed by atoms with Crippen LogP contribution in [0.5, 0.6) is 0 Å². The van der Waals surface area contributed by atoms with Gasteiger partial charge in [-0.05, 0) is 31.4 Å². The molecule has 0 amide bonds. The molecule has 0 unspecified atom stereocenters. The van der Waals surface area contributed by atoms with E-state index in [-0.39, 0.29) is 49.7 Å². The molecule has 0 bridgehead atoms. The molecule has 1 N–H and O–H groups in total. The van der Waals surface area contributed by atoms with Crippen LogP contribution in [0.3, 0.4) is 0 Å². The van der Waals surface area contributed by atoms with Gasteiger partial charge in [0.2, 0.25) is 10.0 Å². The highest BCUT2D eigenvalue weighted by molar-refractivity contribution is 7.89. The number of nitrogens with zero attached hydrogens (tertiary/aromatic N) is 2. The lowest BCUT2D eigenvalue weighted by Gasteiger charge is -2.31. The van der Waals surface area contributed by atoms with Crippen LogP contribution < -0.4 is 5.32 Å². The Morgan fingerprint density at radius 2 is 1.90 bits per heavy atom. The van der Waals surface area contributed by atoms with Crippen molar-refractivity contribution in [2.75, 3.05) is 31.6 Å². The highest BCUT2D eigenvalue weighted by atomic mass is 32.2. The minimum atomic E-state index is -4.30. The standard InChI is InChI=1S/C17H22F3N3O5S/c18-17(19,20)12-2-1-3-13(10-12)21-15-5-4-14(11-16(15)23(24)25)29(26,27)22-6-8-28-9-7-22/h4-5,11-13,21H,1-3,6-10H2/t12-,13-/m0/s1. The summed E-state index contributed by atoms with van der Waals surface area (Å²) in [6.07, 6.45) is -3.62. The van der Waals surface area contributed by atoms with Gasteiger partial charge < -0.3 is 10.1 Å². The molecule has 1 saturated carbocycles. The Kier molecular flexibility index (Phi) is 6.34. The van der Waals surface area contributed by atoms with E-state index in [1.54, 1.807) is 0 Å². The summed E-state index contributed by atoms with van der Waals surface area (Å²) in [6.45, 7) is 0.778. The number of anilines is 1. The summed E-state index contributed by atoms with van der Waals surface area (Å²) in [6, 6.07) is 2.88. The summed E-state index contributed by atoms with van der Waals surface area (Å²) in [5.41, 5.74) is -0.461. The van der Waals surface area contributed by atoms with E-state index in [2.05, 4.69) is 5.32 Å². The minimum Gasteiger partial charge on any atom is -0.379 e. The third-order valence-electron chi connectivity index (χ3n) is 5.27. The fraction of sp³-hybridized carbons (Fsp3) is 0.647. The summed E-state index contributed by atoms with van der Waals surface area (Å²) in [4.78, 5) is 10.5. The molecule has 2 atom stereocenters. The van der Waals surface area contributed by atoms with Crippen molar-refractivity contribution in [3.63, 3.8) is 0 Å². The number of nitrogens with one attached hydrogen (secondary N) is 1. The van der Waals surface area contributed by atoms with Crippen molar-refractivity contribution >= 4 is 21.4 Å². The second-order valence-electron chi connectivity index (χ2n) is 7.20. The first-order valence-corrected chi connectivity index (χ1v) is 10.7. The van der Waals surface area contributed by atoms with Crippen molar-refractivity contribution in [3.05, 3.63) is 28.3 Å². The molecule has 1 aliphatic heterocycles. The number of rotatable bonds is 5. The zero-order valence-corrected chi connectivity index (χ0v) is 16.3. The van der Waals surface area contributed by atoms with Crippen LogP contribution in [0.1, 0.15) is 25.7 Å². The Bertz CT molecular complexity index is 856. The number of ether oxygens (including phenoxy) is 1. The quantitative estimate of drug-likeness (QED) is 0.561. The lowest BCUT2D eigenvalue weighted by Crippen LogP contribution is -2.40. The molecule has 1 saturated heterocycles. The Hall–Kier alpha value is -1.92. The predicted octanol–water partition coefficient (Wildman–Crippen LogP) is 3.15. The van der Waals surface area contributed by atoms with E-state index in [0.29, 0.717) is 12.8 Å². The topological polar surface area (TPSA) is 102 Å². The normalized spacial score (nSPS) is 24.2. The highest BCUT2D eigenvalue weighted by Crippen LogP contribution is 2.39. The molecule has 1 heterocycles. The monoisotopic (exact) mass is 437 g/mol. The molecule has 162 valence electrons. The molecule has 2 aliphatic rings. The average molecular weight is 437 g/mol. The van der Waals surface area contributed by atoms with Gasteiger partial charge in [-0.15, -0.1) is 0 Å². The molecule has 2 fully saturated rings. The first kappa shape index (κ1) is 21.8. The van der Waals surface area contributed by atoms with Crippen molar-refractivity contribution in [2.24, 2.45) is 5.92 Å². The van der Waals surface area contributed by atoms with Crippen LogP contribution >= 0.6 is 0 Å². The van der Waals surface area contributed by atoms with Crippen LogP contribution in [0.2, 0.25) is 0 Å². The van der Waals surface area contributed by atoms with Gasteiger partial charge in [-0.25, -0.2) is 8.42 Å². The first-order valence-electron chi connectivity index (χ1n) is 9.28. The van der Waals surface area contributed by atoms with Gasteiger partial charge in [-0.3, -0.25) is 10.1 Å². The molecule has 1 aliphatic carbocycles. The number of sulfonamides is 1. The van der Waals surface area contributed by atoms with Crippen molar-refractivity contribution in [3.8, 4) is 0 Å². The minimum absolute atomic E-state index is 0.0174. The van der Waals surface area contributed by atoms with Gasteiger partial charge in [0, 0.05) is 25.2 Å². The lowest BCUT2D eigenvalue weighted by molar-refractivity contribution is -0.384. The van der Waals surface area contributed by atoms with Crippen molar-refractivity contribution < 1.29 is 31.2 Å². The van der Waals surface area contributed by atoms with Crippen molar-refractivity contribution in [1.29, 1.82) is 0 Å². The van der Waals surface area contributed by atoms with Gasteiger partial charge in [0.25, 0.3) is 5.69 Å². The smallest absolute Gasteiger partial charge is 0.379 e. The number of morpholine rings is 1. The number of nitro groups is 1. The second kappa shape index (κ2) is 8.44. The van der Waals surface area contributed by atoms with Gasteiger partial charge >= 0.3 is 6.18 Å². The molecule has 29 heavy (non-hydrogen) atoms. The molecule has 8 nitrogen and oxygen atoms in total. The zero-order valence-electron chi connectivity index (χ0n) is 15.5. The molecular formula is C17H22F3N3O5S. The average Bonchev–Trinajstić information content (AvgIpc) is 2.68. The lowest BCUT2D eigenvalue weighted by atomic mass is 9.85. The summed E-state index contributed by atoms with van der Waals surface area (Å²) >= 11 is 0. The fourth-order valence-corrected chi connectivity index (χ4v) is 5.15. The van der Waals surface area contributed by atoms with Gasteiger partial charge in [-0.2, -0.15) is 17.5 Å². The number of benzene rings is 1. The maximum absolute atomic E-state index is 13.0. The number of nitro benzene ring substituents is 1. The van der Waals surface area contributed by atoms with E-state index < -0.39 is 38.8 Å². The van der Waals surface area contributed by atoms with Gasteiger partial charge in [0.1, 0.15) is 5.69 Å². The molecule has 1 aromatic carbocycles. The van der Waals surface area contributed by atoms with E-state index in [1.807, 2.05) is 0 Å². The molecular weight excluding hydrogens is 415 g/mol. The van der Waals surface area contributed by atoms with Crippen molar-refractivity contribution in [2.45, 2.75) is 42.8 Å². The molecule has 0 radical (unpaired) electrons. The molecule has 1 aromatic rings. The Balaban J connectivity index is 1.82. The summed E-state index contributed by atoms with van der Waals surface area (Å²) < 4.78 is 70.8. The van der Waals surface area contributed by atoms with E-state index in [4.69, 9.17) is 4.74 Å².